The molecule has 0 aliphatic carbocycles. The Bertz CT molecular complexity index is 511. The minimum atomic E-state index is -1.18. The number of alkyl halides is 1. The third kappa shape index (κ3) is 3.61. The molecular formula is C12H9BrO4. The molecule has 1 aromatic carbocycles. The highest BCUT2D eigenvalue weighted by Gasteiger charge is 2.12. The smallest absolute Gasteiger partial charge is 0.336 e. The number of carboxylic acid groups (broad SMARTS) is 2. The average Bonchev–Trinajstić information content (AvgIpc) is 2.29. The molecule has 0 unspecified atom stereocenters. The van der Waals surface area contributed by atoms with E-state index in [0.717, 1.165) is 6.07 Å². The summed E-state index contributed by atoms with van der Waals surface area (Å²) in [5.41, 5.74) is 0.170. The van der Waals surface area contributed by atoms with Crippen LogP contribution in [-0.4, -0.2) is 27.5 Å². The van der Waals surface area contributed by atoms with Gasteiger partial charge in [0.15, 0.2) is 0 Å². The van der Waals surface area contributed by atoms with E-state index in [1.54, 1.807) is 0 Å². The fraction of sp³-hybridized carbons (Fsp3) is 0.167. The van der Waals surface area contributed by atoms with Crippen LogP contribution >= 0.6 is 15.9 Å². The summed E-state index contributed by atoms with van der Waals surface area (Å²) < 4.78 is 0. The summed E-state index contributed by atoms with van der Waals surface area (Å²) >= 11 is 3.20. The van der Waals surface area contributed by atoms with Gasteiger partial charge in [-0.1, -0.05) is 27.8 Å². The van der Waals surface area contributed by atoms with Gasteiger partial charge in [-0.15, -0.1) is 0 Å². The minimum Gasteiger partial charge on any atom is -0.478 e. The molecular weight excluding hydrogens is 288 g/mol. The van der Waals surface area contributed by atoms with Gasteiger partial charge in [-0.25, -0.2) is 9.59 Å². The quantitative estimate of drug-likeness (QED) is 0.662. The van der Waals surface area contributed by atoms with E-state index in [1.807, 2.05) is 0 Å². The van der Waals surface area contributed by atoms with Crippen LogP contribution in [-0.2, 0) is 0 Å². The van der Waals surface area contributed by atoms with Gasteiger partial charge < -0.3 is 10.2 Å². The van der Waals surface area contributed by atoms with E-state index in [4.69, 9.17) is 10.2 Å². The molecule has 0 spiro atoms. The van der Waals surface area contributed by atoms with Gasteiger partial charge in [0.1, 0.15) is 0 Å². The van der Waals surface area contributed by atoms with Crippen molar-refractivity contribution in [3.05, 3.63) is 34.9 Å². The van der Waals surface area contributed by atoms with Crippen molar-refractivity contribution in [1.82, 2.24) is 0 Å². The third-order valence-corrected chi connectivity index (χ3v) is 2.34. The van der Waals surface area contributed by atoms with Crippen molar-refractivity contribution in [1.29, 1.82) is 0 Å². The first kappa shape index (κ1) is 13.3. The van der Waals surface area contributed by atoms with Crippen molar-refractivity contribution < 1.29 is 19.8 Å². The lowest BCUT2D eigenvalue weighted by atomic mass is 10.0. The van der Waals surface area contributed by atoms with Crippen LogP contribution in [0, 0.1) is 11.8 Å². The lowest BCUT2D eigenvalue weighted by Crippen LogP contribution is -2.04. The van der Waals surface area contributed by atoms with Crippen LogP contribution in [0.1, 0.15) is 32.7 Å². The molecule has 1 aromatic rings. The molecule has 17 heavy (non-hydrogen) atoms. The van der Waals surface area contributed by atoms with Crippen molar-refractivity contribution in [3.8, 4) is 11.8 Å². The fourth-order valence-electron chi connectivity index (χ4n) is 1.17. The van der Waals surface area contributed by atoms with Gasteiger partial charge >= 0.3 is 11.9 Å². The van der Waals surface area contributed by atoms with Crippen molar-refractivity contribution in [3.63, 3.8) is 0 Å². The fourth-order valence-corrected chi connectivity index (χ4v) is 1.37. The first-order chi connectivity index (χ1) is 8.06. The molecule has 1 rings (SSSR count). The summed E-state index contributed by atoms with van der Waals surface area (Å²) in [6, 6.07) is 3.86. The number of carbonyl (C=O) groups is 2. The van der Waals surface area contributed by atoms with Crippen LogP contribution in [0.15, 0.2) is 18.2 Å². The number of aromatic carboxylic acids is 2. The van der Waals surface area contributed by atoms with E-state index < -0.39 is 11.9 Å². The number of rotatable bonds is 3. The minimum absolute atomic E-state index is 0.0616. The average molecular weight is 297 g/mol. The van der Waals surface area contributed by atoms with Crippen LogP contribution in [0.25, 0.3) is 0 Å². The molecule has 0 radical (unpaired) electrons. The summed E-state index contributed by atoms with van der Waals surface area (Å²) in [6.07, 6.45) is 0.597. The molecule has 0 saturated carbocycles. The SMILES string of the molecule is O=C(O)c1ccc(C#CCCBr)c(C(=O)O)c1. The van der Waals surface area contributed by atoms with Gasteiger partial charge in [-0.3, -0.25) is 0 Å². The molecule has 0 aromatic heterocycles. The molecule has 0 fully saturated rings. The van der Waals surface area contributed by atoms with Gasteiger partial charge in [0.25, 0.3) is 0 Å². The van der Waals surface area contributed by atoms with Gasteiger partial charge in [0.05, 0.1) is 11.1 Å². The van der Waals surface area contributed by atoms with E-state index in [0.29, 0.717) is 17.3 Å². The summed E-state index contributed by atoms with van der Waals surface area (Å²) in [6.45, 7) is 0. The van der Waals surface area contributed by atoms with Crippen molar-refractivity contribution in [2.45, 2.75) is 6.42 Å². The standard InChI is InChI=1S/C12H9BrO4/c13-6-2-1-3-8-4-5-9(11(14)15)7-10(8)12(16)17/h4-5,7H,2,6H2,(H,14,15)(H,16,17). The van der Waals surface area contributed by atoms with Crippen LogP contribution in [0.2, 0.25) is 0 Å². The Morgan fingerprint density at radius 3 is 2.47 bits per heavy atom. The zero-order valence-corrected chi connectivity index (χ0v) is 10.3. The maximum atomic E-state index is 11.0. The van der Waals surface area contributed by atoms with E-state index in [9.17, 15) is 9.59 Å². The highest BCUT2D eigenvalue weighted by Crippen LogP contribution is 2.11. The van der Waals surface area contributed by atoms with E-state index in [2.05, 4.69) is 27.8 Å². The lowest BCUT2D eigenvalue weighted by Gasteiger charge is -2.01. The van der Waals surface area contributed by atoms with Gasteiger partial charge in [-0.05, 0) is 18.2 Å². The number of benzene rings is 1. The second-order valence-corrected chi connectivity index (χ2v) is 3.90. The maximum Gasteiger partial charge on any atom is 0.336 e. The van der Waals surface area contributed by atoms with Crippen LogP contribution in [0.5, 0.6) is 0 Å². The van der Waals surface area contributed by atoms with Crippen LogP contribution in [0.4, 0.5) is 0 Å². The second-order valence-electron chi connectivity index (χ2n) is 3.11. The van der Waals surface area contributed by atoms with Gasteiger partial charge in [-0.2, -0.15) is 0 Å². The number of hydrogen-bond donors (Lipinski definition) is 2. The van der Waals surface area contributed by atoms with Crippen molar-refractivity contribution >= 4 is 27.9 Å². The first-order valence-electron chi connectivity index (χ1n) is 4.71. The van der Waals surface area contributed by atoms with Crippen LogP contribution in [0.3, 0.4) is 0 Å². The van der Waals surface area contributed by atoms with Gasteiger partial charge in [0.2, 0.25) is 0 Å². The van der Waals surface area contributed by atoms with E-state index >= 15 is 0 Å². The molecule has 0 bridgehead atoms. The predicted molar refractivity (Wildman–Crippen MR) is 65.6 cm³/mol. The molecule has 0 aliphatic heterocycles. The van der Waals surface area contributed by atoms with E-state index in [1.165, 1.54) is 12.1 Å². The molecule has 4 nitrogen and oxygen atoms in total. The molecule has 0 atom stereocenters. The number of hydrogen-bond acceptors (Lipinski definition) is 2. The Hall–Kier alpha value is -1.80. The zero-order chi connectivity index (χ0) is 12.8. The third-order valence-electron chi connectivity index (χ3n) is 1.94. The number of halogens is 1. The Labute approximate surface area is 106 Å². The van der Waals surface area contributed by atoms with Crippen LogP contribution < -0.4 is 0 Å². The Morgan fingerprint density at radius 2 is 1.94 bits per heavy atom. The zero-order valence-electron chi connectivity index (χ0n) is 8.74. The topological polar surface area (TPSA) is 74.6 Å². The Morgan fingerprint density at radius 1 is 1.24 bits per heavy atom. The lowest BCUT2D eigenvalue weighted by molar-refractivity contribution is 0.0695. The Kier molecular flexibility index (Phi) is 4.73. The molecule has 88 valence electrons. The molecule has 0 saturated heterocycles. The maximum absolute atomic E-state index is 11.0. The van der Waals surface area contributed by atoms with Crippen molar-refractivity contribution in [2.24, 2.45) is 0 Å². The molecule has 5 heteroatoms. The highest BCUT2D eigenvalue weighted by atomic mass is 79.9. The predicted octanol–water partition coefficient (Wildman–Crippen LogP) is 2.22. The molecule has 0 aliphatic rings. The number of carboxylic acids is 2. The summed E-state index contributed by atoms with van der Waals surface area (Å²) in [5, 5.41) is 18.4. The summed E-state index contributed by atoms with van der Waals surface area (Å²) in [4.78, 5) is 21.7. The van der Waals surface area contributed by atoms with E-state index in [-0.39, 0.29) is 11.1 Å². The molecule has 2 N–H and O–H groups in total. The first-order valence-corrected chi connectivity index (χ1v) is 5.84. The van der Waals surface area contributed by atoms with Gasteiger partial charge in [0, 0.05) is 17.3 Å². The largest absolute Gasteiger partial charge is 0.478 e. The Balaban J connectivity index is 3.19. The highest BCUT2D eigenvalue weighted by molar-refractivity contribution is 9.09. The normalized spacial score (nSPS) is 9.24. The summed E-state index contributed by atoms with van der Waals surface area (Å²) in [5.74, 6) is 3.15. The second kappa shape index (κ2) is 6.06. The monoisotopic (exact) mass is 296 g/mol. The summed E-state index contributed by atoms with van der Waals surface area (Å²) in [7, 11) is 0. The van der Waals surface area contributed by atoms with Crippen molar-refractivity contribution in [2.75, 3.05) is 5.33 Å². The molecule has 0 amide bonds. The molecule has 0 heterocycles.